The summed E-state index contributed by atoms with van der Waals surface area (Å²) in [6, 6.07) is 1.45. The number of pyridine rings is 1. The van der Waals surface area contributed by atoms with E-state index >= 15 is 0 Å². The Balaban J connectivity index is 2.01. The van der Waals surface area contributed by atoms with Gasteiger partial charge in [-0.2, -0.15) is 0 Å². The molecule has 0 saturated heterocycles. The molecular formula is C12H17N3O2. The SMILES string of the molecule is NC1CCCCC1NC(=O)c1cncc(O)c1. The molecule has 1 aliphatic carbocycles. The molecule has 1 amide bonds. The maximum absolute atomic E-state index is 11.9. The molecule has 1 saturated carbocycles. The number of carbonyl (C=O) groups excluding carboxylic acids is 1. The zero-order valence-electron chi connectivity index (χ0n) is 9.60. The minimum Gasteiger partial charge on any atom is -0.506 e. The lowest BCUT2D eigenvalue weighted by molar-refractivity contribution is 0.0920. The monoisotopic (exact) mass is 235 g/mol. The fraction of sp³-hybridized carbons (Fsp3) is 0.500. The average molecular weight is 235 g/mol. The Kier molecular flexibility index (Phi) is 3.58. The van der Waals surface area contributed by atoms with Crippen molar-refractivity contribution < 1.29 is 9.90 Å². The minimum absolute atomic E-state index is 0.00871. The van der Waals surface area contributed by atoms with E-state index < -0.39 is 0 Å². The van der Waals surface area contributed by atoms with Crippen molar-refractivity contribution in [1.29, 1.82) is 0 Å². The van der Waals surface area contributed by atoms with Crippen LogP contribution in [0.15, 0.2) is 18.5 Å². The topological polar surface area (TPSA) is 88.2 Å². The summed E-state index contributed by atoms with van der Waals surface area (Å²) in [6.07, 6.45) is 6.81. The van der Waals surface area contributed by atoms with E-state index in [0.717, 1.165) is 25.7 Å². The molecule has 1 fully saturated rings. The Morgan fingerprint density at radius 3 is 2.88 bits per heavy atom. The van der Waals surface area contributed by atoms with Crippen LogP contribution in [0.4, 0.5) is 0 Å². The van der Waals surface area contributed by atoms with Crippen LogP contribution in [-0.4, -0.2) is 28.1 Å². The Labute approximate surface area is 100 Å². The summed E-state index contributed by atoms with van der Waals surface area (Å²) in [5.41, 5.74) is 6.32. The summed E-state index contributed by atoms with van der Waals surface area (Å²) >= 11 is 0. The highest BCUT2D eigenvalue weighted by Gasteiger charge is 2.23. The second-order valence-electron chi connectivity index (χ2n) is 4.46. The molecule has 0 aliphatic heterocycles. The second kappa shape index (κ2) is 5.14. The van der Waals surface area contributed by atoms with Crippen molar-refractivity contribution in [2.45, 2.75) is 37.8 Å². The summed E-state index contributed by atoms with van der Waals surface area (Å²) in [7, 11) is 0. The molecule has 0 spiro atoms. The standard InChI is InChI=1S/C12H17N3O2/c13-10-3-1-2-4-11(10)15-12(17)8-5-9(16)7-14-6-8/h5-7,10-11,16H,1-4,13H2,(H,15,17). The van der Waals surface area contributed by atoms with E-state index in [-0.39, 0.29) is 23.7 Å². The lowest BCUT2D eigenvalue weighted by atomic mass is 9.91. The third-order valence-corrected chi connectivity index (χ3v) is 3.12. The van der Waals surface area contributed by atoms with E-state index in [0.29, 0.717) is 5.56 Å². The van der Waals surface area contributed by atoms with E-state index in [2.05, 4.69) is 10.3 Å². The number of nitrogens with two attached hydrogens (primary N) is 1. The van der Waals surface area contributed by atoms with Gasteiger partial charge in [0.25, 0.3) is 5.91 Å². The molecule has 2 unspecified atom stereocenters. The van der Waals surface area contributed by atoms with Gasteiger partial charge in [-0.25, -0.2) is 0 Å². The van der Waals surface area contributed by atoms with Crippen LogP contribution < -0.4 is 11.1 Å². The third-order valence-electron chi connectivity index (χ3n) is 3.12. The summed E-state index contributed by atoms with van der Waals surface area (Å²) in [5, 5.41) is 12.1. The molecule has 1 aromatic rings. The zero-order valence-corrected chi connectivity index (χ0v) is 9.60. The minimum atomic E-state index is -0.226. The highest BCUT2D eigenvalue weighted by molar-refractivity contribution is 5.94. The van der Waals surface area contributed by atoms with Crippen molar-refractivity contribution in [3.63, 3.8) is 0 Å². The molecule has 1 heterocycles. The molecule has 5 heteroatoms. The molecule has 4 N–H and O–H groups in total. The maximum Gasteiger partial charge on any atom is 0.253 e. The first-order valence-corrected chi connectivity index (χ1v) is 5.87. The number of rotatable bonds is 2. The van der Waals surface area contributed by atoms with Gasteiger partial charge in [0.05, 0.1) is 11.8 Å². The van der Waals surface area contributed by atoms with Gasteiger partial charge in [-0.05, 0) is 18.9 Å². The van der Waals surface area contributed by atoms with Crippen molar-refractivity contribution in [3.05, 3.63) is 24.0 Å². The fourth-order valence-electron chi connectivity index (χ4n) is 2.14. The van der Waals surface area contributed by atoms with Gasteiger partial charge in [0, 0.05) is 18.3 Å². The lowest BCUT2D eigenvalue weighted by Crippen LogP contribution is -2.49. The summed E-state index contributed by atoms with van der Waals surface area (Å²) in [5.74, 6) is -0.235. The van der Waals surface area contributed by atoms with Gasteiger partial charge < -0.3 is 16.2 Å². The number of carbonyl (C=O) groups is 1. The van der Waals surface area contributed by atoms with E-state index in [1.165, 1.54) is 18.5 Å². The molecule has 17 heavy (non-hydrogen) atoms. The van der Waals surface area contributed by atoms with Crippen LogP contribution in [0.25, 0.3) is 0 Å². The van der Waals surface area contributed by atoms with Gasteiger partial charge >= 0.3 is 0 Å². The smallest absolute Gasteiger partial charge is 0.253 e. The Bertz CT molecular complexity index is 408. The summed E-state index contributed by atoms with van der Waals surface area (Å²) in [4.78, 5) is 15.7. The van der Waals surface area contributed by atoms with Gasteiger partial charge in [0.15, 0.2) is 0 Å². The van der Waals surface area contributed by atoms with E-state index in [1.54, 1.807) is 0 Å². The first-order valence-electron chi connectivity index (χ1n) is 5.87. The second-order valence-corrected chi connectivity index (χ2v) is 4.46. The number of hydrogen-bond donors (Lipinski definition) is 3. The third kappa shape index (κ3) is 2.94. The molecule has 5 nitrogen and oxygen atoms in total. The van der Waals surface area contributed by atoms with Crippen LogP contribution in [0.1, 0.15) is 36.0 Å². The van der Waals surface area contributed by atoms with Crippen molar-refractivity contribution in [2.75, 3.05) is 0 Å². The molecule has 92 valence electrons. The lowest BCUT2D eigenvalue weighted by Gasteiger charge is -2.29. The van der Waals surface area contributed by atoms with Crippen molar-refractivity contribution >= 4 is 5.91 Å². The quantitative estimate of drug-likeness (QED) is 0.707. The summed E-state index contributed by atoms with van der Waals surface area (Å²) in [6.45, 7) is 0. The normalized spacial score (nSPS) is 24.3. The largest absolute Gasteiger partial charge is 0.506 e. The molecule has 1 aromatic heterocycles. The van der Waals surface area contributed by atoms with Gasteiger partial charge in [0.2, 0.25) is 0 Å². The number of aromatic nitrogens is 1. The molecule has 1 aliphatic rings. The maximum atomic E-state index is 11.9. The van der Waals surface area contributed by atoms with Gasteiger partial charge in [-0.3, -0.25) is 9.78 Å². The predicted molar refractivity (Wildman–Crippen MR) is 63.6 cm³/mol. The first-order chi connectivity index (χ1) is 8.16. The predicted octanol–water partition coefficient (Wildman–Crippen LogP) is 0.787. The van der Waals surface area contributed by atoms with Crippen LogP contribution in [0.2, 0.25) is 0 Å². The van der Waals surface area contributed by atoms with Crippen molar-refractivity contribution in [3.8, 4) is 5.75 Å². The molecule has 0 aromatic carbocycles. The van der Waals surface area contributed by atoms with Crippen LogP contribution in [0, 0.1) is 0 Å². The first kappa shape index (κ1) is 11.9. The molecule has 2 rings (SSSR count). The Hall–Kier alpha value is -1.62. The van der Waals surface area contributed by atoms with Gasteiger partial charge in [-0.1, -0.05) is 12.8 Å². The van der Waals surface area contributed by atoms with Gasteiger partial charge in [-0.15, -0.1) is 0 Å². The average Bonchev–Trinajstić information content (AvgIpc) is 2.32. The number of aromatic hydroxyl groups is 1. The van der Waals surface area contributed by atoms with Crippen LogP contribution >= 0.6 is 0 Å². The molecule has 0 radical (unpaired) electrons. The number of nitrogens with zero attached hydrogens (tertiary/aromatic N) is 1. The van der Waals surface area contributed by atoms with E-state index in [4.69, 9.17) is 5.73 Å². The van der Waals surface area contributed by atoms with Gasteiger partial charge in [0.1, 0.15) is 5.75 Å². The number of hydrogen-bond acceptors (Lipinski definition) is 4. The number of amides is 1. The van der Waals surface area contributed by atoms with Crippen molar-refractivity contribution in [1.82, 2.24) is 10.3 Å². The molecular weight excluding hydrogens is 218 g/mol. The van der Waals surface area contributed by atoms with Crippen LogP contribution in [0.3, 0.4) is 0 Å². The Morgan fingerprint density at radius 2 is 2.18 bits per heavy atom. The van der Waals surface area contributed by atoms with Crippen LogP contribution in [0.5, 0.6) is 5.75 Å². The number of nitrogens with one attached hydrogen (secondary N) is 1. The summed E-state index contributed by atoms with van der Waals surface area (Å²) < 4.78 is 0. The molecule has 2 atom stereocenters. The fourth-order valence-corrected chi connectivity index (χ4v) is 2.14. The highest BCUT2D eigenvalue weighted by Crippen LogP contribution is 2.17. The highest BCUT2D eigenvalue weighted by atomic mass is 16.3. The Morgan fingerprint density at radius 1 is 1.41 bits per heavy atom. The van der Waals surface area contributed by atoms with Crippen molar-refractivity contribution in [2.24, 2.45) is 5.73 Å². The van der Waals surface area contributed by atoms with Crippen LogP contribution in [-0.2, 0) is 0 Å². The van der Waals surface area contributed by atoms with E-state index in [1.807, 2.05) is 0 Å². The van der Waals surface area contributed by atoms with E-state index in [9.17, 15) is 9.90 Å². The zero-order chi connectivity index (χ0) is 12.3. The molecule has 0 bridgehead atoms.